The fraction of sp³-hybridized carbons (Fsp3) is 0.440. The number of piperazine rings is 1. The topological polar surface area (TPSA) is 99.0 Å². The average molecular weight is 518 g/mol. The van der Waals surface area contributed by atoms with Crippen LogP contribution in [0.3, 0.4) is 0 Å². The molecule has 0 radical (unpaired) electrons. The molecule has 2 aliphatic rings. The molecule has 2 atom stereocenters. The second-order valence-electron chi connectivity index (χ2n) is 9.22. The lowest BCUT2D eigenvalue weighted by atomic mass is 10.0. The quantitative estimate of drug-likeness (QED) is 0.444. The molecule has 0 bridgehead atoms. The van der Waals surface area contributed by atoms with Crippen molar-refractivity contribution in [2.75, 3.05) is 38.1 Å². The minimum Gasteiger partial charge on any atom is -0.370 e. The Balaban J connectivity index is 1.46. The van der Waals surface area contributed by atoms with E-state index in [0.29, 0.717) is 56.1 Å². The highest BCUT2D eigenvalue weighted by Gasteiger charge is 2.40. The summed E-state index contributed by atoms with van der Waals surface area (Å²) in [6.45, 7) is 4.11. The van der Waals surface area contributed by atoms with E-state index in [0.717, 1.165) is 11.8 Å². The number of nitro groups is 1. The van der Waals surface area contributed by atoms with E-state index in [1.807, 2.05) is 53.1 Å². The third-order valence-electron chi connectivity index (χ3n) is 7.03. The van der Waals surface area contributed by atoms with Gasteiger partial charge in [-0.05, 0) is 37.5 Å². The van der Waals surface area contributed by atoms with Crippen LogP contribution in [0, 0.1) is 15.9 Å². The molecule has 0 spiro atoms. The van der Waals surface area contributed by atoms with Gasteiger partial charge in [0.2, 0.25) is 10.0 Å². The SMILES string of the molecule is CN/C(=C\[N+](=O)[O-])N1CCN(c2ccc(CN3[C@@H](C)CCC(c4ccccc4)S3(=O)=O)c(F)c2)CC1. The highest BCUT2D eigenvalue weighted by atomic mass is 32.2. The highest BCUT2D eigenvalue weighted by molar-refractivity contribution is 7.89. The number of nitrogens with zero attached hydrogens (tertiary/aromatic N) is 4. The molecule has 0 aliphatic carbocycles. The third kappa shape index (κ3) is 5.46. The molecule has 2 fully saturated rings. The van der Waals surface area contributed by atoms with Gasteiger partial charge in [-0.25, -0.2) is 12.8 Å². The van der Waals surface area contributed by atoms with Gasteiger partial charge < -0.3 is 15.1 Å². The van der Waals surface area contributed by atoms with Gasteiger partial charge in [0.15, 0.2) is 5.82 Å². The van der Waals surface area contributed by atoms with Crippen LogP contribution in [0.4, 0.5) is 10.1 Å². The number of halogens is 1. The lowest BCUT2D eigenvalue weighted by molar-refractivity contribution is -0.404. The number of benzene rings is 2. The smallest absolute Gasteiger partial charge is 0.274 e. The Morgan fingerprint density at radius 2 is 1.83 bits per heavy atom. The first-order valence-corrected chi connectivity index (χ1v) is 13.6. The van der Waals surface area contributed by atoms with Crippen LogP contribution in [0.25, 0.3) is 0 Å². The lowest BCUT2D eigenvalue weighted by Crippen LogP contribution is -2.48. The molecule has 0 saturated carbocycles. The molecular formula is C25H32FN5O4S. The summed E-state index contributed by atoms with van der Waals surface area (Å²) in [6.07, 6.45) is 2.20. The first-order chi connectivity index (χ1) is 17.2. The van der Waals surface area contributed by atoms with E-state index in [2.05, 4.69) is 5.32 Å². The van der Waals surface area contributed by atoms with Crippen LogP contribution in [0.2, 0.25) is 0 Å². The molecule has 36 heavy (non-hydrogen) atoms. The monoisotopic (exact) mass is 517 g/mol. The van der Waals surface area contributed by atoms with Gasteiger partial charge in [0.05, 0.1) is 4.92 Å². The van der Waals surface area contributed by atoms with Crippen molar-refractivity contribution < 1.29 is 17.7 Å². The molecule has 0 aromatic heterocycles. The van der Waals surface area contributed by atoms with Crippen LogP contribution in [-0.2, 0) is 16.6 Å². The molecule has 2 heterocycles. The van der Waals surface area contributed by atoms with Crippen molar-refractivity contribution in [2.45, 2.75) is 37.6 Å². The predicted molar refractivity (Wildman–Crippen MR) is 137 cm³/mol. The van der Waals surface area contributed by atoms with Crippen LogP contribution >= 0.6 is 0 Å². The summed E-state index contributed by atoms with van der Waals surface area (Å²) in [7, 11) is -2.01. The maximum absolute atomic E-state index is 15.2. The second-order valence-corrected chi connectivity index (χ2v) is 11.3. The zero-order valence-corrected chi connectivity index (χ0v) is 21.3. The molecule has 2 aromatic rings. The van der Waals surface area contributed by atoms with Crippen molar-refractivity contribution in [2.24, 2.45) is 0 Å². The van der Waals surface area contributed by atoms with Crippen LogP contribution in [0.15, 0.2) is 60.6 Å². The van der Waals surface area contributed by atoms with Gasteiger partial charge in [0, 0.05) is 57.1 Å². The molecule has 11 heteroatoms. The van der Waals surface area contributed by atoms with Crippen LogP contribution in [0.1, 0.15) is 36.1 Å². The van der Waals surface area contributed by atoms with Gasteiger partial charge >= 0.3 is 0 Å². The Morgan fingerprint density at radius 3 is 2.44 bits per heavy atom. The molecule has 194 valence electrons. The Bertz CT molecular complexity index is 1220. The van der Waals surface area contributed by atoms with Gasteiger partial charge in [-0.1, -0.05) is 36.4 Å². The summed E-state index contributed by atoms with van der Waals surface area (Å²) in [4.78, 5) is 14.2. The fourth-order valence-electron chi connectivity index (χ4n) is 4.99. The molecule has 2 aliphatic heterocycles. The van der Waals surface area contributed by atoms with Crippen LogP contribution < -0.4 is 10.2 Å². The van der Waals surface area contributed by atoms with Crippen molar-refractivity contribution in [1.29, 1.82) is 0 Å². The van der Waals surface area contributed by atoms with Crippen molar-refractivity contribution in [1.82, 2.24) is 14.5 Å². The number of sulfonamides is 1. The van der Waals surface area contributed by atoms with E-state index < -0.39 is 26.0 Å². The van der Waals surface area contributed by atoms with E-state index >= 15 is 4.39 Å². The fourth-order valence-corrected chi connectivity index (χ4v) is 7.18. The van der Waals surface area contributed by atoms with Gasteiger partial charge in [0.1, 0.15) is 11.1 Å². The largest absolute Gasteiger partial charge is 0.370 e. The van der Waals surface area contributed by atoms with Gasteiger partial charge in [-0.15, -0.1) is 0 Å². The molecule has 2 aromatic carbocycles. The first-order valence-electron chi connectivity index (χ1n) is 12.1. The summed E-state index contributed by atoms with van der Waals surface area (Å²) in [5.74, 6) is -0.00447. The van der Waals surface area contributed by atoms with E-state index in [4.69, 9.17) is 0 Å². The molecule has 9 nitrogen and oxygen atoms in total. The zero-order valence-electron chi connectivity index (χ0n) is 20.5. The van der Waals surface area contributed by atoms with Crippen molar-refractivity contribution >= 4 is 15.7 Å². The van der Waals surface area contributed by atoms with Crippen molar-refractivity contribution in [3.63, 3.8) is 0 Å². The van der Waals surface area contributed by atoms with E-state index in [9.17, 15) is 18.5 Å². The Kier molecular flexibility index (Phi) is 7.79. The van der Waals surface area contributed by atoms with Crippen molar-refractivity contribution in [3.05, 3.63) is 87.6 Å². The van der Waals surface area contributed by atoms with E-state index in [-0.39, 0.29) is 12.6 Å². The molecule has 4 rings (SSSR count). The molecule has 1 unspecified atom stereocenters. The highest BCUT2D eigenvalue weighted by Crippen LogP contribution is 2.38. The standard InChI is InChI=1S/C25H32FN5O4S/c1-19-8-11-24(20-6-4-3-5-7-20)36(34,35)30(19)17-21-9-10-22(16-23(21)26)28-12-14-29(15-13-28)25(27-2)18-31(32)33/h3-7,9-10,16,18-19,24,27H,8,11-15,17H2,1-2H3/b25-18+/t19-,24?/m0/s1. The second kappa shape index (κ2) is 10.8. The number of anilines is 1. The van der Waals surface area contributed by atoms with Gasteiger partial charge in [0.25, 0.3) is 6.20 Å². The predicted octanol–water partition coefficient (Wildman–Crippen LogP) is 3.30. The van der Waals surface area contributed by atoms with Gasteiger partial charge in [-0.3, -0.25) is 10.1 Å². The summed E-state index contributed by atoms with van der Waals surface area (Å²) in [5.41, 5.74) is 1.81. The maximum Gasteiger partial charge on any atom is 0.274 e. The Labute approximate surface area is 211 Å². The number of hydrogen-bond acceptors (Lipinski definition) is 7. The number of rotatable bonds is 7. The summed E-state index contributed by atoms with van der Waals surface area (Å²) in [6, 6.07) is 13.9. The van der Waals surface area contributed by atoms with E-state index in [1.165, 1.54) is 10.4 Å². The number of nitrogens with one attached hydrogen (secondary N) is 1. The lowest BCUT2D eigenvalue weighted by Gasteiger charge is -2.38. The van der Waals surface area contributed by atoms with Crippen LogP contribution in [-0.4, -0.2) is 61.8 Å². The van der Waals surface area contributed by atoms with Gasteiger partial charge in [-0.2, -0.15) is 4.31 Å². The summed E-state index contributed by atoms with van der Waals surface area (Å²) < 4.78 is 43.6. The molecule has 2 saturated heterocycles. The maximum atomic E-state index is 15.2. The molecular weight excluding hydrogens is 485 g/mol. The average Bonchev–Trinajstić information content (AvgIpc) is 2.86. The van der Waals surface area contributed by atoms with E-state index in [1.54, 1.807) is 13.1 Å². The zero-order chi connectivity index (χ0) is 25.9. The minimum atomic E-state index is -3.65. The molecule has 0 amide bonds. The molecule has 1 N–H and O–H groups in total. The Hall–Kier alpha value is -3.18. The normalized spacial score (nSPS) is 22.9. The minimum absolute atomic E-state index is 0.00998. The summed E-state index contributed by atoms with van der Waals surface area (Å²) in [5, 5.41) is 13.1. The Morgan fingerprint density at radius 1 is 1.14 bits per heavy atom. The van der Waals surface area contributed by atoms with Crippen molar-refractivity contribution in [3.8, 4) is 0 Å². The first kappa shape index (κ1) is 25.9. The third-order valence-corrected chi connectivity index (χ3v) is 9.40. The van der Waals surface area contributed by atoms with Crippen LogP contribution in [0.5, 0.6) is 0 Å². The number of hydrogen-bond donors (Lipinski definition) is 1. The summed E-state index contributed by atoms with van der Waals surface area (Å²) >= 11 is 0.